The molecule has 4 rings (SSSR count). The molecule has 1 heterocycles. The van der Waals surface area contributed by atoms with E-state index in [0.29, 0.717) is 28.1 Å². The van der Waals surface area contributed by atoms with E-state index in [-0.39, 0.29) is 83.1 Å². The predicted octanol–water partition coefficient (Wildman–Crippen LogP) is 5.33. The van der Waals surface area contributed by atoms with E-state index >= 15 is 0 Å². The molecule has 2 atom stereocenters. The van der Waals surface area contributed by atoms with Crippen molar-refractivity contribution in [3.8, 4) is 22.4 Å². The molecule has 0 fully saturated rings. The number of carbonyl (C=O) groups excluding carboxylic acids is 1. The molecule has 3 aromatic carbocycles. The van der Waals surface area contributed by atoms with Crippen LogP contribution in [-0.4, -0.2) is 87.2 Å². The summed E-state index contributed by atoms with van der Waals surface area (Å²) in [5, 5.41) is 32.8. The Balaban J connectivity index is 0.00000484. The van der Waals surface area contributed by atoms with Crippen LogP contribution >= 0.6 is 0 Å². The number of para-hydroxylation sites is 1. The van der Waals surface area contributed by atoms with E-state index < -0.39 is 24.6 Å². The van der Waals surface area contributed by atoms with Crippen molar-refractivity contribution < 1.29 is 37.6 Å². The van der Waals surface area contributed by atoms with E-state index in [0.717, 1.165) is 11.3 Å². The zero-order chi connectivity index (χ0) is 29.5. The quantitative estimate of drug-likeness (QED) is 0.159. The van der Waals surface area contributed by atoms with Crippen molar-refractivity contribution in [2.45, 2.75) is 57.8 Å². The molecule has 0 radical (unpaired) electrons. The van der Waals surface area contributed by atoms with Gasteiger partial charge in [0.15, 0.2) is 0 Å². The van der Waals surface area contributed by atoms with Crippen LogP contribution < -0.4 is 5.32 Å². The van der Waals surface area contributed by atoms with Crippen LogP contribution in [0.2, 0.25) is 0 Å². The second kappa shape index (κ2) is 16.7. The van der Waals surface area contributed by atoms with Crippen LogP contribution in [0.5, 0.6) is 0 Å². The summed E-state index contributed by atoms with van der Waals surface area (Å²) < 4.78 is 16.0. The minimum absolute atomic E-state index is 0. The summed E-state index contributed by atoms with van der Waals surface area (Å²) in [6, 6.07) is 24.8. The zero-order valence-electron chi connectivity index (χ0n) is 26.3. The van der Waals surface area contributed by atoms with E-state index in [1.54, 1.807) is 12.1 Å². The van der Waals surface area contributed by atoms with Crippen molar-refractivity contribution in [3.63, 3.8) is 0 Å². The van der Waals surface area contributed by atoms with Gasteiger partial charge in [0, 0.05) is 23.5 Å². The second-order valence-corrected chi connectivity index (χ2v) is 10.4. The number of carbonyl (C=O) groups is 2. The van der Waals surface area contributed by atoms with Crippen molar-refractivity contribution in [3.05, 3.63) is 102 Å². The maximum Gasteiger partial charge on any atom is 2.00 e. The number of aliphatic hydroxyl groups is 2. The first kappa shape index (κ1) is 36.1. The molecule has 0 bridgehead atoms. The zero-order valence-corrected chi connectivity index (χ0v) is 26.5. The molecule has 10 heteroatoms. The summed E-state index contributed by atoms with van der Waals surface area (Å²) in [7, 11) is 0. The number of carboxylic acid groups (broad SMARTS) is 1. The normalized spacial score (nSPS) is 12.1. The molecule has 6 N–H and O–H groups in total. The number of benzene rings is 3. The van der Waals surface area contributed by atoms with Gasteiger partial charge in [-0.05, 0) is 66.3 Å². The van der Waals surface area contributed by atoms with Gasteiger partial charge in [0.25, 0.3) is 5.91 Å². The number of amides is 1. The fourth-order valence-corrected chi connectivity index (χ4v) is 5.20. The molecule has 226 valence electrons. The molecule has 0 saturated heterocycles. The Hall–Kier alpha value is -3.05. The SMILES string of the molecule is CC(C)c1c(C(=O)Nc2ccccc2)c(-c2ccccc2)c(-c2ccc(F)cc2)n1CC[C@@H](O)C[C@@H](O)CC(=O)O.O.[Ca+2].[H-].[H-]. The van der Waals surface area contributed by atoms with E-state index in [2.05, 4.69) is 5.32 Å². The summed E-state index contributed by atoms with van der Waals surface area (Å²) in [6.07, 6.45) is -2.51. The third-order valence-electron chi connectivity index (χ3n) is 6.93. The van der Waals surface area contributed by atoms with E-state index in [4.69, 9.17) is 5.11 Å². The van der Waals surface area contributed by atoms with Gasteiger partial charge >= 0.3 is 43.7 Å². The van der Waals surface area contributed by atoms with Gasteiger partial charge in [-0.1, -0.05) is 62.4 Å². The summed E-state index contributed by atoms with van der Waals surface area (Å²) >= 11 is 0. The van der Waals surface area contributed by atoms with Crippen LogP contribution in [0, 0.1) is 5.82 Å². The summed E-state index contributed by atoms with van der Waals surface area (Å²) in [6.45, 7) is 4.25. The third kappa shape index (κ3) is 9.22. The molecule has 0 unspecified atom stereocenters. The van der Waals surface area contributed by atoms with Crippen LogP contribution in [0.1, 0.15) is 57.9 Å². The van der Waals surface area contributed by atoms with Gasteiger partial charge in [0.05, 0.1) is 29.9 Å². The molecule has 0 saturated carbocycles. The topological polar surface area (TPSA) is 143 Å². The smallest absolute Gasteiger partial charge is 1.00 e. The van der Waals surface area contributed by atoms with Crippen molar-refractivity contribution in [1.82, 2.24) is 4.57 Å². The summed E-state index contributed by atoms with van der Waals surface area (Å²) in [5.74, 6) is -1.93. The Labute approximate surface area is 283 Å². The number of rotatable bonds is 12. The number of halogens is 1. The van der Waals surface area contributed by atoms with Gasteiger partial charge in [-0.15, -0.1) is 0 Å². The summed E-state index contributed by atoms with van der Waals surface area (Å²) in [4.78, 5) is 25.0. The number of carboxylic acids is 1. The minimum atomic E-state index is -1.18. The Bertz CT molecular complexity index is 1490. The molecule has 1 amide bonds. The molecule has 0 aliphatic rings. The standard InChI is InChI=1S/C33H35FN2O5.Ca.H2O.2H/c1-21(2)31-30(33(41)35-25-11-7-4-8-12-25)29(22-9-5-3-6-10-22)32(23-13-15-24(34)16-14-23)36(31)18-17-26(37)19-27(38)20-28(39)40;;;;/h3-16,21,26-27,37-38H,17-20H2,1-2H3,(H,35,41)(H,39,40);;1H2;;/q;+2;;2*-1/t26-,27-;;;;/m1..../s1. The number of aliphatic carboxylic acids is 1. The maximum atomic E-state index is 14.0. The fourth-order valence-electron chi connectivity index (χ4n) is 5.20. The average molecular weight is 619 g/mol. The van der Waals surface area contributed by atoms with E-state index in [1.165, 1.54) is 12.1 Å². The first-order chi connectivity index (χ1) is 19.7. The molecule has 1 aromatic heterocycles. The number of aliphatic hydroxyl groups excluding tert-OH is 2. The van der Waals surface area contributed by atoms with Crippen LogP contribution in [-0.2, 0) is 11.3 Å². The fraction of sp³-hybridized carbons (Fsp3) is 0.273. The van der Waals surface area contributed by atoms with Crippen molar-refractivity contribution in [2.24, 2.45) is 0 Å². The third-order valence-corrected chi connectivity index (χ3v) is 6.93. The van der Waals surface area contributed by atoms with Crippen LogP contribution in [0.3, 0.4) is 0 Å². The van der Waals surface area contributed by atoms with Crippen LogP contribution in [0.4, 0.5) is 10.1 Å². The second-order valence-electron chi connectivity index (χ2n) is 10.4. The van der Waals surface area contributed by atoms with E-state index in [9.17, 15) is 24.2 Å². The molecule has 8 nitrogen and oxygen atoms in total. The van der Waals surface area contributed by atoms with Gasteiger partial charge in [-0.2, -0.15) is 0 Å². The monoisotopic (exact) mass is 618 g/mol. The number of nitrogens with one attached hydrogen (secondary N) is 1. The molecular weight excluding hydrogens is 579 g/mol. The number of hydrogen-bond acceptors (Lipinski definition) is 4. The van der Waals surface area contributed by atoms with Gasteiger partial charge in [0.2, 0.25) is 0 Å². The Morgan fingerprint density at radius 3 is 2.02 bits per heavy atom. The van der Waals surface area contributed by atoms with E-state index in [1.807, 2.05) is 79.1 Å². The Morgan fingerprint density at radius 1 is 0.884 bits per heavy atom. The Kier molecular flexibility index (Phi) is 14.0. The minimum Gasteiger partial charge on any atom is -1.00 e. The average Bonchev–Trinajstić information content (AvgIpc) is 3.28. The molecule has 4 aromatic rings. The number of nitrogens with zero attached hydrogens (tertiary/aromatic N) is 1. The first-order valence-corrected chi connectivity index (χ1v) is 13.7. The van der Waals surface area contributed by atoms with Gasteiger partial charge < -0.3 is 33.5 Å². The largest absolute Gasteiger partial charge is 2.00 e. The first-order valence-electron chi connectivity index (χ1n) is 13.7. The molecule has 0 spiro atoms. The van der Waals surface area contributed by atoms with Crippen molar-refractivity contribution in [1.29, 1.82) is 0 Å². The van der Waals surface area contributed by atoms with Gasteiger partial charge in [0.1, 0.15) is 5.82 Å². The van der Waals surface area contributed by atoms with Gasteiger partial charge in [-0.25, -0.2) is 4.39 Å². The summed E-state index contributed by atoms with van der Waals surface area (Å²) in [5.41, 5.74) is 4.77. The number of anilines is 1. The molecule has 43 heavy (non-hydrogen) atoms. The number of aromatic nitrogens is 1. The predicted molar refractivity (Wildman–Crippen MR) is 169 cm³/mol. The Morgan fingerprint density at radius 2 is 1.47 bits per heavy atom. The van der Waals surface area contributed by atoms with Crippen molar-refractivity contribution in [2.75, 3.05) is 5.32 Å². The molecular formula is C33H39CaFN2O6. The van der Waals surface area contributed by atoms with Crippen LogP contribution in [0.15, 0.2) is 84.9 Å². The van der Waals surface area contributed by atoms with Gasteiger partial charge in [-0.3, -0.25) is 9.59 Å². The number of hydrogen-bond donors (Lipinski definition) is 4. The molecule has 0 aliphatic carbocycles. The van der Waals surface area contributed by atoms with Crippen LogP contribution in [0.25, 0.3) is 22.4 Å². The maximum absolute atomic E-state index is 14.0. The molecule has 0 aliphatic heterocycles. The van der Waals surface area contributed by atoms with Crippen molar-refractivity contribution >= 4 is 55.3 Å².